The van der Waals surface area contributed by atoms with Gasteiger partial charge >= 0.3 is 5.97 Å². The van der Waals surface area contributed by atoms with Crippen molar-refractivity contribution in [3.05, 3.63) is 68.7 Å². The summed E-state index contributed by atoms with van der Waals surface area (Å²) in [5.41, 5.74) is 0.361. The van der Waals surface area contributed by atoms with Crippen LogP contribution in [0.15, 0.2) is 42.5 Å². The van der Waals surface area contributed by atoms with Crippen LogP contribution in [0.5, 0.6) is 5.75 Å². The van der Waals surface area contributed by atoms with Gasteiger partial charge in [-0.1, -0.05) is 23.7 Å². The number of hydrogen-bond donors (Lipinski definition) is 1. The van der Waals surface area contributed by atoms with Crippen molar-refractivity contribution in [1.82, 2.24) is 5.32 Å². The lowest BCUT2D eigenvalue weighted by Crippen LogP contribution is -2.35. The average molecular weight is 393 g/mol. The molecule has 0 aliphatic rings. The number of ether oxygens (including phenoxy) is 2. The fourth-order valence-electron chi connectivity index (χ4n) is 2.14. The molecular weight excluding hydrogens is 376 g/mol. The predicted octanol–water partition coefficient (Wildman–Crippen LogP) is 3.12. The van der Waals surface area contributed by atoms with Crippen LogP contribution in [0.1, 0.15) is 22.8 Å². The highest BCUT2D eigenvalue weighted by molar-refractivity contribution is 6.32. The second-order valence-electron chi connectivity index (χ2n) is 5.54. The summed E-state index contributed by atoms with van der Waals surface area (Å²) in [6.07, 6.45) is -1.08. The first-order valence-electron chi connectivity index (χ1n) is 7.87. The van der Waals surface area contributed by atoms with E-state index in [9.17, 15) is 19.7 Å². The lowest BCUT2D eigenvalue weighted by molar-refractivity contribution is -0.384. The zero-order valence-corrected chi connectivity index (χ0v) is 15.4. The molecule has 1 amide bonds. The number of carbonyl (C=O) groups is 2. The van der Waals surface area contributed by atoms with E-state index in [2.05, 4.69) is 5.32 Å². The zero-order chi connectivity index (χ0) is 20.0. The van der Waals surface area contributed by atoms with Gasteiger partial charge in [0, 0.05) is 12.6 Å². The van der Waals surface area contributed by atoms with Crippen LogP contribution < -0.4 is 10.1 Å². The molecule has 2 aromatic rings. The maximum absolute atomic E-state index is 12.1. The fourth-order valence-corrected chi connectivity index (χ4v) is 2.32. The van der Waals surface area contributed by atoms with E-state index in [0.717, 1.165) is 11.6 Å². The number of carbonyl (C=O) groups excluding carboxylic acids is 2. The molecule has 0 bridgehead atoms. The van der Waals surface area contributed by atoms with Crippen molar-refractivity contribution in [2.45, 2.75) is 19.6 Å². The van der Waals surface area contributed by atoms with E-state index in [0.29, 0.717) is 5.75 Å². The first kappa shape index (κ1) is 20.2. The number of rotatable bonds is 7. The maximum Gasteiger partial charge on any atom is 0.339 e. The Balaban J connectivity index is 1.94. The summed E-state index contributed by atoms with van der Waals surface area (Å²) >= 11 is 5.70. The molecule has 0 fully saturated rings. The van der Waals surface area contributed by atoms with Gasteiger partial charge in [-0.3, -0.25) is 14.9 Å². The predicted molar refractivity (Wildman–Crippen MR) is 97.8 cm³/mol. The number of halogens is 1. The molecule has 2 rings (SSSR count). The number of hydrogen-bond acceptors (Lipinski definition) is 6. The molecule has 0 unspecified atom stereocenters. The van der Waals surface area contributed by atoms with Gasteiger partial charge in [0.25, 0.3) is 11.6 Å². The summed E-state index contributed by atoms with van der Waals surface area (Å²) in [6, 6.07) is 10.6. The SMILES string of the molecule is COc1ccc(CNC(=O)[C@H](C)OC(=O)c2ccc(Cl)c([N+](=O)[O-])c2)cc1. The minimum Gasteiger partial charge on any atom is -0.497 e. The normalized spacial score (nSPS) is 11.4. The number of methoxy groups -OCH3 is 1. The molecular formula is C18H17ClN2O6. The summed E-state index contributed by atoms with van der Waals surface area (Å²) in [7, 11) is 1.56. The van der Waals surface area contributed by atoms with Gasteiger partial charge in [0.1, 0.15) is 10.8 Å². The number of nitro groups is 1. The van der Waals surface area contributed by atoms with E-state index in [1.807, 2.05) is 0 Å². The van der Waals surface area contributed by atoms with Gasteiger partial charge in [-0.15, -0.1) is 0 Å². The molecule has 9 heteroatoms. The summed E-state index contributed by atoms with van der Waals surface area (Å²) < 4.78 is 10.1. The van der Waals surface area contributed by atoms with Gasteiger partial charge in [0.15, 0.2) is 6.10 Å². The number of benzene rings is 2. The molecule has 0 saturated heterocycles. The van der Waals surface area contributed by atoms with Crippen LogP contribution in [0, 0.1) is 10.1 Å². The van der Waals surface area contributed by atoms with Gasteiger partial charge in [-0.2, -0.15) is 0 Å². The van der Waals surface area contributed by atoms with Crippen LogP contribution in [-0.2, 0) is 16.1 Å². The van der Waals surface area contributed by atoms with Crippen LogP contribution in [0.3, 0.4) is 0 Å². The van der Waals surface area contributed by atoms with Crippen LogP contribution in [0.2, 0.25) is 5.02 Å². The Hall–Kier alpha value is -3.13. The second kappa shape index (κ2) is 9.00. The van der Waals surface area contributed by atoms with Crippen molar-refractivity contribution in [2.75, 3.05) is 7.11 Å². The van der Waals surface area contributed by atoms with E-state index < -0.39 is 28.6 Å². The van der Waals surface area contributed by atoms with Crippen molar-refractivity contribution >= 4 is 29.2 Å². The van der Waals surface area contributed by atoms with Crippen LogP contribution in [-0.4, -0.2) is 30.0 Å². The Bertz CT molecular complexity index is 853. The quantitative estimate of drug-likeness (QED) is 0.440. The van der Waals surface area contributed by atoms with Gasteiger partial charge in [-0.05, 0) is 36.8 Å². The molecule has 1 atom stereocenters. The van der Waals surface area contributed by atoms with Crippen LogP contribution in [0.4, 0.5) is 5.69 Å². The largest absolute Gasteiger partial charge is 0.497 e. The Morgan fingerprint density at radius 1 is 1.22 bits per heavy atom. The summed E-state index contributed by atoms with van der Waals surface area (Å²) in [5.74, 6) is -0.658. The first-order chi connectivity index (χ1) is 12.8. The smallest absolute Gasteiger partial charge is 0.339 e. The molecule has 1 N–H and O–H groups in total. The first-order valence-corrected chi connectivity index (χ1v) is 8.25. The van der Waals surface area contributed by atoms with Gasteiger partial charge in [0.2, 0.25) is 0 Å². The summed E-state index contributed by atoms with van der Waals surface area (Å²) in [6.45, 7) is 1.66. The molecule has 0 heterocycles. The van der Waals surface area contributed by atoms with Crippen LogP contribution in [0.25, 0.3) is 0 Å². The third kappa shape index (κ3) is 5.42. The molecule has 142 valence electrons. The highest BCUT2D eigenvalue weighted by Crippen LogP contribution is 2.25. The Kier molecular flexibility index (Phi) is 6.73. The minimum absolute atomic E-state index is 0.0686. The van der Waals surface area contributed by atoms with Gasteiger partial charge < -0.3 is 14.8 Å². The molecule has 27 heavy (non-hydrogen) atoms. The summed E-state index contributed by atoms with van der Waals surface area (Å²) in [5, 5.41) is 13.4. The maximum atomic E-state index is 12.1. The molecule has 0 aromatic heterocycles. The monoisotopic (exact) mass is 392 g/mol. The van der Waals surface area contributed by atoms with E-state index >= 15 is 0 Å². The van der Waals surface area contributed by atoms with E-state index in [1.165, 1.54) is 19.1 Å². The Morgan fingerprint density at radius 2 is 1.89 bits per heavy atom. The van der Waals surface area contributed by atoms with E-state index in [1.54, 1.807) is 31.4 Å². The average Bonchev–Trinajstić information content (AvgIpc) is 2.66. The van der Waals surface area contributed by atoms with E-state index in [4.69, 9.17) is 21.1 Å². The molecule has 8 nitrogen and oxygen atoms in total. The third-order valence-corrected chi connectivity index (χ3v) is 3.98. The Labute approximate surface area is 160 Å². The topological polar surface area (TPSA) is 108 Å². The van der Waals surface area contributed by atoms with Crippen molar-refractivity contribution in [3.63, 3.8) is 0 Å². The minimum atomic E-state index is -1.08. The molecule has 2 aromatic carbocycles. The lowest BCUT2D eigenvalue weighted by atomic mass is 10.2. The van der Waals surface area contributed by atoms with E-state index in [-0.39, 0.29) is 17.1 Å². The molecule has 0 aliphatic carbocycles. The zero-order valence-electron chi connectivity index (χ0n) is 14.6. The number of nitrogens with zero attached hydrogens (tertiary/aromatic N) is 1. The number of nitrogens with one attached hydrogen (secondary N) is 1. The molecule has 0 spiro atoms. The highest BCUT2D eigenvalue weighted by Gasteiger charge is 2.21. The third-order valence-electron chi connectivity index (χ3n) is 3.66. The second-order valence-corrected chi connectivity index (χ2v) is 5.94. The number of amides is 1. The van der Waals surface area contributed by atoms with Crippen molar-refractivity contribution in [3.8, 4) is 5.75 Å². The molecule has 0 aliphatic heterocycles. The van der Waals surface area contributed by atoms with Crippen molar-refractivity contribution in [1.29, 1.82) is 0 Å². The number of nitro benzene ring substituents is 1. The fraction of sp³-hybridized carbons (Fsp3) is 0.222. The Morgan fingerprint density at radius 3 is 2.48 bits per heavy atom. The van der Waals surface area contributed by atoms with Gasteiger partial charge in [-0.25, -0.2) is 4.79 Å². The molecule has 0 radical (unpaired) electrons. The van der Waals surface area contributed by atoms with Crippen molar-refractivity contribution < 1.29 is 24.0 Å². The van der Waals surface area contributed by atoms with Gasteiger partial charge in [0.05, 0.1) is 17.6 Å². The highest BCUT2D eigenvalue weighted by atomic mass is 35.5. The lowest BCUT2D eigenvalue weighted by Gasteiger charge is -2.14. The summed E-state index contributed by atoms with van der Waals surface area (Å²) in [4.78, 5) is 34.4. The standard InChI is InChI=1S/C18H17ClN2O6/c1-11(17(22)20-10-12-3-6-14(26-2)7-4-12)27-18(23)13-5-8-15(19)16(9-13)21(24)25/h3-9,11H,10H2,1-2H3,(H,20,22)/t11-/m0/s1. The molecule has 0 saturated carbocycles. The van der Waals surface area contributed by atoms with Crippen molar-refractivity contribution in [2.24, 2.45) is 0 Å². The van der Waals surface area contributed by atoms with Crippen LogP contribution >= 0.6 is 11.6 Å². The number of esters is 1.